The SMILES string of the molecule is N=C(N)NCCC[C@H](NC(=O)[C@@H](Cc1ccccc1)NC(=O)[C@H](Cc1c[nH]cn1)NC(=O)[C@@H](N)CS)C(=O)N[C@@H](Cc1ccc2ccccc2c1)C(=O)N[C@@H](Cc1c[nH]c2ccccc12)C(=O)O. The zero-order chi connectivity index (χ0) is 48.6. The molecule has 6 aromatic rings. The number of amides is 5. The van der Waals surface area contributed by atoms with Crippen LogP contribution in [0, 0.1) is 5.41 Å². The highest BCUT2D eigenvalue weighted by Gasteiger charge is 2.34. The summed E-state index contributed by atoms with van der Waals surface area (Å²) in [6, 6.07) is 21.8. The van der Waals surface area contributed by atoms with Gasteiger partial charge in [0.05, 0.1) is 18.1 Å². The lowest BCUT2D eigenvalue weighted by molar-refractivity contribution is -0.142. The van der Waals surface area contributed by atoms with Crippen molar-refractivity contribution in [3.8, 4) is 0 Å². The number of nitrogens with two attached hydrogens (primary N) is 2. The number of carboxylic acids is 1. The quantitative estimate of drug-likeness (QED) is 0.0178. The fourth-order valence-electron chi connectivity index (χ4n) is 7.66. The Morgan fingerprint density at radius 3 is 1.91 bits per heavy atom. The molecule has 0 unspecified atom stereocenters. The number of thiol groups is 1. The van der Waals surface area contributed by atoms with Crippen LogP contribution in [0.15, 0.2) is 116 Å². The van der Waals surface area contributed by atoms with Gasteiger partial charge in [0.2, 0.25) is 29.5 Å². The summed E-state index contributed by atoms with van der Waals surface area (Å²) < 4.78 is 0. The van der Waals surface area contributed by atoms with Gasteiger partial charge in [-0.1, -0.05) is 91.0 Å². The number of nitrogens with zero attached hydrogens (tertiary/aromatic N) is 1. The number of benzene rings is 4. The van der Waals surface area contributed by atoms with Gasteiger partial charge >= 0.3 is 5.97 Å². The first-order valence-corrected chi connectivity index (χ1v) is 22.6. The first-order chi connectivity index (χ1) is 32.8. The summed E-state index contributed by atoms with van der Waals surface area (Å²) in [7, 11) is 0. The van der Waals surface area contributed by atoms with Crippen molar-refractivity contribution in [1.29, 1.82) is 5.41 Å². The molecular weight excluding hydrogens is 889 g/mol. The maximum absolute atomic E-state index is 14.6. The summed E-state index contributed by atoms with van der Waals surface area (Å²) in [6.45, 7) is 0.150. The van der Waals surface area contributed by atoms with Crippen LogP contribution in [0.3, 0.4) is 0 Å². The molecule has 0 aliphatic rings. The zero-order valence-electron chi connectivity index (χ0n) is 37.0. The zero-order valence-corrected chi connectivity index (χ0v) is 37.9. The van der Waals surface area contributed by atoms with Crippen LogP contribution in [0.5, 0.6) is 0 Å². The number of rotatable bonds is 24. The van der Waals surface area contributed by atoms with Gasteiger partial charge in [0, 0.05) is 61.3 Å². The third-order valence-corrected chi connectivity index (χ3v) is 11.7. The van der Waals surface area contributed by atoms with E-state index in [1.807, 2.05) is 66.7 Å². The van der Waals surface area contributed by atoms with Gasteiger partial charge in [0.25, 0.3) is 0 Å². The van der Waals surface area contributed by atoms with Crippen molar-refractivity contribution in [3.05, 3.63) is 138 Å². The van der Waals surface area contributed by atoms with Gasteiger partial charge in [0.15, 0.2) is 5.96 Å². The van der Waals surface area contributed by atoms with E-state index in [-0.39, 0.29) is 56.8 Å². The molecule has 19 nitrogen and oxygen atoms in total. The van der Waals surface area contributed by atoms with Crippen molar-refractivity contribution in [1.82, 2.24) is 46.9 Å². The number of H-pyrrole nitrogens is 2. The van der Waals surface area contributed by atoms with Crippen molar-refractivity contribution < 1.29 is 33.9 Å². The Hall–Kier alpha value is -7.71. The van der Waals surface area contributed by atoms with Crippen LogP contribution in [0.25, 0.3) is 21.7 Å². The highest BCUT2D eigenvalue weighted by molar-refractivity contribution is 7.80. The Morgan fingerprint density at radius 1 is 0.662 bits per heavy atom. The first kappa shape index (κ1) is 49.7. The largest absolute Gasteiger partial charge is 0.480 e. The third-order valence-electron chi connectivity index (χ3n) is 11.3. The Balaban J connectivity index is 1.28. The number of aromatic amines is 2. The topological polar surface area (TPSA) is 315 Å². The second-order valence-corrected chi connectivity index (χ2v) is 16.7. The van der Waals surface area contributed by atoms with Gasteiger partial charge in [-0.15, -0.1) is 0 Å². The fraction of sp³-hybridized carbons (Fsp3) is 0.292. The molecule has 0 fully saturated rings. The molecule has 68 heavy (non-hydrogen) atoms. The van der Waals surface area contributed by atoms with Crippen LogP contribution in [0.4, 0.5) is 0 Å². The molecule has 0 aliphatic carbocycles. The number of hydrogen-bond donors (Lipinski definition) is 13. The summed E-state index contributed by atoms with van der Waals surface area (Å²) >= 11 is 4.11. The average molecular weight is 945 g/mol. The Kier molecular flexibility index (Phi) is 17.7. The van der Waals surface area contributed by atoms with Crippen LogP contribution >= 0.6 is 12.6 Å². The van der Waals surface area contributed by atoms with E-state index in [4.69, 9.17) is 16.9 Å². The van der Waals surface area contributed by atoms with Crippen LogP contribution in [-0.4, -0.2) is 110 Å². The van der Waals surface area contributed by atoms with E-state index in [0.29, 0.717) is 22.4 Å². The molecule has 0 aliphatic heterocycles. The predicted octanol–water partition coefficient (Wildman–Crippen LogP) is 1.34. The Labute approximate surface area is 397 Å². The lowest BCUT2D eigenvalue weighted by Gasteiger charge is -2.27. The molecule has 0 saturated heterocycles. The fourth-order valence-corrected chi connectivity index (χ4v) is 7.83. The first-order valence-electron chi connectivity index (χ1n) is 22.0. The Bertz CT molecular complexity index is 2700. The van der Waals surface area contributed by atoms with E-state index in [1.54, 1.807) is 42.7 Å². The molecule has 2 heterocycles. The van der Waals surface area contributed by atoms with Crippen LogP contribution < -0.4 is 43.4 Å². The summed E-state index contributed by atoms with van der Waals surface area (Å²) in [4.78, 5) is 93.3. The van der Waals surface area contributed by atoms with Gasteiger partial charge < -0.3 is 58.4 Å². The molecule has 356 valence electrons. The summed E-state index contributed by atoms with van der Waals surface area (Å²) in [5.41, 5.74) is 14.7. The molecular formula is C48H56N12O7S. The van der Waals surface area contributed by atoms with Gasteiger partial charge in [-0.3, -0.25) is 29.4 Å². The van der Waals surface area contributed by atoms with Gasteiger partial charge in [-0.05, 0) is 46.4 Å². The molecule has 0 radical (unpaired) electrons. The molecule has 14 N–H and O–H groups in total. The summed E-state index contributed by atoms with van der Waals surface area (Å²) in [5, 5.41) is 36.9. The number of para-hydroxylation sites is 1. The minimum Gasteiger partial charge on any atom is -0.480 e. The number of aliphatic carboxylic acids is 1. The number of guanidine groups is 1. The minimum absolute atomic E-state index is 0.00291. The summed E-state index contributed by atoms with van der Waals surface area (Å²) in [6.07, 6.45) is 4.65. The van der Waals surface area contributed by atoms with Crippen molar-refractivity contribution in [2.45, 2.75) is 74.8 Å². The second-order valence-electron chi connectivity index (χ2n) is 16.3. The van der Waals surface area contributed by atoms with Crippen LogP contribution in [0.2, 0.25) is 0 Å². The lowest BCUT2D eigenvalue weighted by atomic mass is 9.99. The minimum atomic E-state index is -1.39. The van der Waals surface area contributed by atoms with E-state index in [2.05, 4.69) is 59.5 Å². The number of imidazole rings is 1. The monoisotopic (exact) mass is 944 g/mol. The number of nitrogens with one attached hydrogen (secondary N) is 9. The number of aromatic nitrogens is 3. The van der Waals surface area contributed by atoms with Gasteiger partial charge in [-0.25, -0.2) is 9.78 Å². The van der Waals surface area contributed by atoms with E-state index in [9.17, 15) is 33.9 Å². The van der Waals surface area contributed by atoms with Gasteiger partial charge in [-0.2, -0.15) is 12.6 Å². The number of hydrogen-bond acceptors (Lipinski definition) is 10. The number of carboxylic acid groups (broad SMARTS) is 1. The number of fused-ring (bicyclic) bond motifs is 2. The average Bonchev–Trinajstić information content (AvgIpc) is 4.01. The van der Waals surface area contributed by atoms with Gasteiger partial charge in [0.1, 0.15) is 30.2 Å². The summed E-state index contributed by atoms with van der Waals surface area (Å²) in [5.74, 6) is -5.29. The van der Waals surface area contributed by atoms with E-state index >= 15 is 0 Å². The number of carbonyl (C=O) groups excluding carboxylic acids is 5. The molecule has 6 rings (SSSR count). The second kappa shape index (κ2) is 24.2. The number of carbonyl (C=O) groups is 6. The van der Waals surface area contributed by atoms with Crippen molar-refractivity contribution in [3.63, 3.8) is 0 Å². The molecule has 2 aromatic heterocycles. The van der Waals surface area contributed by atoms with E-state index < -0.39 is 71.8 Å². The molecule has 0 bridgehead atoms. The smallest absolute Gasteiger partial charge is 0.326 e. The molecule has 6 atom stereocenters. The van der Waals surface area contributed by atoms with Crippen molar-refractivity contribution in [2.75, 3.05) is 12.3 Å². The predicted molar refractivity (Wildman–Crippen MR) is 260 cm³/mol. The molecule has 0 saturated carbocycles. The molecule has 5 amide bonds. The standard InChI is InChI=1S/C48H56N12O7S/c49-35(26-68)42(61)57-40(23-33-25-52-27-55-33)46(65)59-38(20-28-9-2-1-3-10-28)44(63)56-37(15-8-18-53-48(50)51)43(62)58-39(21-29-16-17-30-11-4-5-12-31(30)19-29)45(64)60-41(47(66)67)22-32-24-54-36-14-7-6-13-34(32)36/h1-7,9-14,16-17,19,24-25,27,35,37-41,54,68H,8,15,18,20-23,26,49H2,(H,52,55)(H,56,63)(H,57,61)(H,58,62)(H,59,65)(H,60,64)(H,66,67)(H4,50,51,53)/t35-,37-,38+,39-,40-,41-/m0/s1. The molecule has 4 aromatic carbocycles. The normalized spacial score (nSPS) is 13.8. The van der Waals surface area contributed by atoms with Crippen LogP contribution in [0.1, 0.15) is 35.2 Å². The van der Waals surface area contributed by atoms with Crippen molar-refractivity contribution >= 4 is 75.8 Å². The third kappa shape index (κ3) is 14.1. The maximum Gasteiger partial charge on any atom is 0.326 e. The van der Waals surface area contributed by atoms with Crippen molar-refractivity contribution in [2.24, 2.45) is 11.5 Å². The highest BCUT2D eigenvalue weighted by Crippen LogP contribution is 2.20. The molecule has 0 spiro atoms. The van der Waals surface area contributed by atoms with E-state index in [1.165, 1.54) is 6.33 Å². The van der Waals surface area contributed by atoms with E-state index in [0.717, 1.165) is 21.7 Å². The lowest BCUT2D eigenvalue weighted by Crippen LogP contribution is -2.60. The molecule has 20 heteroatoms. The highest BCUT2D eigenvalue weighted by atomic mass is 32.1. The maximum atomic E-state index is 14.6. The van der Waals surface area contributed by atoms with Crippen LogP contribution in [-0.2, 0) is 54.5 Å². The Morgan fingerprint density at radius 2 is 1.25 bits per heavy atom.